The second-order valence-corrected chi connectivity index (χ2v) is 4.90. The number of rotatable bonds is 6. The van der Waals surface area contributed by atoms with Crippen LogP contribution in [0.15, 0.2) is 12.2 Å². The molecule has 4 heteroatoms. The summed E-state index contributed by atoms with van der Waals surface area (Å²) in [7, 11) is 3.67. The fourth-order valence-corrected chi connectivity index (χ4v) is 1.09. The van der Waals surface area contributed by atoms with Crippen LogP contribution in [0.4, 0.5) is 0 Å². The van der Waals surface area contributed by atoms with Gasteiger partial charge < -0.3 is 15.0 Å². The number of carbonyl (C=O) groups excluding carboxylic acids is 1. The van der Waals surface area contributed by atoms with Crippen molar-refractivity contribution in [3.8, 4) is 0 Å². The summed E-state index contributed by atoms with van der Waals surface area (Å²) in [5.41, 5.74) is -0.177. The monoisotopic (exact) mass is 228 g/mol. The number of amides is 1. The van der Waals surface area contributed by atoms with Crippen LogP contribution in [-0.4, -0.2) is 50.2 Å². The molecule has 0 radical (unpaired) electrons. The predicted octanol–water partition coefficient (Wildman–Crippen LogP) is 1.04. The Balaban J connectivity index is 3.79. The van der Waals surface area contributed by atoms with Crippen molar-refractivity contribution in [3.63, 3.8) is 0 Å². The van der Waals surface area contributed by atoms with E-state index in [0.29, 0.717) is 6.61 Å². The van der Waals surface area contributed by atoms with E-state index in [1.807, 2.05) is 33.9 Å². The normalized spacial score (nSPS) is 12.4. The summed E-state index contributed by atoms with van der Waals surface area (Å²) in [6.07, 6.45) is 3.44. The van der Waals surface area contributed by atoms with E-state index in [1.54, 1.807) is 13.2 Å². The lowest BCUT2D eigenvalue weighted by Crippen LogP contribution is -2.39. The first-order valence-electron chi connectivity index (χ1n) is 5.51. The molecular formula is C12H24N2O2. The van der Waals surface area contributed by atoms with Gasteiger partial charge in [0.1, 0.15) is 0 Å². The zero-order valence-electron chi connectivity index (χ0n) is 11.0. The molecule has 4 nitrogen and oxygen atoms in total. The molecule has 0 atom stereocenters. The van der Waals surface area contributed by atoms with Crippen molar-refractivity contribution in [1.29, 1.82) is 0 Å². The number of nitrogens with one attached hydrogen (secondary N) is 1. The van der Waals surface area contributed by atoms with Crippen molar-refractivity contribution >= 4 is 5.91 Å². The molecule has 0 aliphatic carbocycles. The highest BCUT2D eigenvalue weighted by Crippen LogP contribution is 1.97. The molecule has 16 heavy (non-hydrogen) atoms. The van der Waals surface area contributed by atoms with Gasteiger partial charge in [0, 0.05) is 31.8 Å². The number of nitrogens with zero attached hydrogens (tertiary/aromatic N) is 1. The molecule has 0 aromatic carbocycles. The molecule has 0 saturated carbocycles. The lowest BCUT2D eigenvalue weighted by Gasteiger charge is -2.19. The summed E-state index contributed by atoms with van der Waals surface area (Å²) in [5, 5.41) is 2.87. The van der Waals surface area contributed by atoms with Gasteiger partial charge in [-0.2, -0.15) is 0 Å². The molecule has 0 bridgehead atoms. The largest absolute Gasteiger partial charge is 0.383 e. The second kappa shape index (κ2) is 7.41. The molecule has 0 aromatic rings. The molecule has 94 valence electrons. The van der Waals surface area contributed by atoms with Crippen LogP contribution in [0.3, 0.4) is 0 Å². The van der Waals surface area contributed by atoms with E-state index in [2.05, 4.69) is 10.2 Å². The predicted molar refractivity (Wildman–Crippen MR) is 66.4 cm³/mol. The molecule has 0 rings (SSSR count). The van der Waals surface area contributed by atoms with Crippen LogP contribution in [0.5, 0.6) is 0 Å². The van der Waals surface area contributed by atoms with Gasteiger partial charge in [0.05, 0.1) is 6.61 Å². The fraction of sp³-hybridized carbons (Fsp3) is 0.750. The summed E-state index contributed by atoms with van der Waals surface area (Å²) in [5.74, 6) is -0.0485. The SMILES string of the molecule is COCCN(C)C/C=C/C(=O)NC(C)(C)C. The van der Waals surface area contributed by atoms with E-state index in [0.717, 1.165) is 13.1 Å². The molecule has 0 fully saturated rings. The maximum atomic E-state index is 11.4. The topological polar surface area (TPSA) is 41.6 Å². The molecule has 1 N–H and O–H groups in total. The van der Waals surface area contributed by atoms with Crippen LogP contribution >= 0.6 is 0 Å². The Labute approximate surface area is 98.6 Å². The molecule has 1 amide bonds. The smallest absolute Gasteiger partial charge is 0.244 e. The maximum Gasteiger partial charge on any atom is 0.244 e. The van der Waals surface area contributed by atoms with Crippen molar-refractivity contribution in [2.75, 3.05) is 33.9 Å². The number of carbonyl (C=O) groups is 1. The second-order valence-electron chi connectivity index (χ2n) is 4.90. The van der Waals surface area contributed by atoms with Crippen molar-refractivity contribution in [2.24, 2.45) is 0 Å². The number of methoxy groups -OCH3 is 1. The molecular weight excluding hydrogens is 204 g/mol. The lowest BCUT2D eigenvalue weighted by atomic mass is 10.1. The molecule has 0 aliphatic rings. The van der Waals surface area contributed by atoms with Crippen LogP contribution in [0, 0.1) is 0 Å². The Kier molecular flexibility index (Phi) is 7.01. The number of ether oxygens (including phenoxy) is 1. The summed E-state index contributed by atoms with van der Waals surface area (Å²) in [6.45, 7) is 8.21. The standard InChI is InChI=1S/C12H24N2O2/c1-12(2,3)13-11(15)7-6-8-14(4)9-10-16-5/h6-7H,8-10H2,1-5H3,(H,13,15)/b7-6+. The zero-order chi connectivity index (χ0) is 12.6. The molecule has 0 aliphatic heterocycles. The highest BCUT2D eigenvalue weighted by Gasteiger charge is 2.10. The first kappa shape index (κ1) is 15.1. The van der Waals surface area contributed by atoms with Gasteiger partial charge in [-0.1, -0.05) is 6.08 Å². The average Bonchev–Trinajstić information content (AvgIpc) is 2.11. The van der Waals surface area contributed by atoms with Crippen LogP contribution in [0.2, 0.25) is 0 Å². The van der Waals surface area contributed by atoms with Crippen molar-refractivity contribution < 1.29 is 9.53 Å². The minimum Gasteiger partial charge on any atom is -0.383 e. The first-order chi connectivity index (χ1) is 7.35. The Hall–Kier alpha value is -0.870. The highest BCUT2D eigenvalue weighted by atomic mass is 16.5. The first-order valence-corrected chi connectivity index (χ1v) is 5.51. The van der Waals surface area contributed by atoms with Gasteiger partial charge in [0.2, 0.25) is 5.91 Å². The van der Waals surface area contributed by atoms with E-state index < -0.39 is 0 Å². The Morgan fingerprint density at radius 1 is 1.44 bits per heavy atom. The van der Waals surface area contributed by atoms with Crippen LogP contribution in [0.1, 0.15) is 20.8 Å². The minimum absolute atomic E-state index is 0.0485. The Morgan fingerprint density at radius 2 is 2.06 bits per heavy atom. The zero-order valence-corrected chi connectivity index (χ0v) is 11.0. The van der Waals surface area contributed by atoms with Crippen molar-refractivity contribution in [2.45, 2.75) is 26.3 Å². The number of likely N-dealkylation sites (N-methyl/N-ethyl adjacent to an activating group) is 1. The van der Waals surface area contributed by atoms with E-state index in [1.165, 1.54) is 0 Å². The van der Waals surface area contributed by atoms with Gasteiger partial charge in [-0.15, -0.1) is 0 Å². The third kappa shape index (κ3) is 9.68. The van der Waals surface area contributed by atoms with E-state index >= 15 is 0 Å². The van der Waals surface area contributed by atoms with E-state index in [-0.39, 0.29) is 11.4 Å². The van der Waals surface area contributed by atoms with Crippen LogP contribution in [0.25, 0.3) is 0 Å². The van der Waals surface area contributed by atoms with Gasteiger partial charge in [0.25, 0.3) is 0 Å². The maximum absolute atomic E-state index is 11.4. The van der Waals surface area contributed by atoms with E-state index in [9.17, 15) is 4.79 Å². The molecule has 0 saturated heterocycles. The van der Waals surface area contributed by atoms with Gasteiger partial charge in [-0.25, -0.2) is 0 Å². The van der Waals surface area contributed by atoms with Crippen molar-refractivity contribution in [3.05, 3.63) is 12.2 Å². The van der Waals surface area contributed by atoms with Gasteiger partial charge in [-0.3, -0.25) is 4.79 Å². The summed E-state index contributed by atoms with van der Waals surface area (Å²) >= 11 is 0. The molecule has 0 unspecified atom stereocenters. The Morgan fingerprint density at radius 3 is 2.56 bits per heavy atom. The highest BCUT2D eigenvalue weighted by molar-refractivity contribution is 5.87. The third-order valence-corrected chi connectivity index (χ3v) is 1.86. The summed E-state index contributed by atoms with van der Waals surface area (Å²) in [4.78, 5) is 13.5. The van der Waals surface area contributed by atoms with Gasteiger partial charge in [-0.05, 0) is 27.8 Å². The van der Waals surface area contributed by atoms with E-state index in [4.69, 9.17) is 4.74 Å². The average molecular weight is 228 g/mol. The van der Waals surface area contributed by atoms with Crippen LogP contribution in [-0.2, 0) is 9.53 Å². The quantitative estimate of drug-likeness (QED) is 0.691. The molecule has 0 spiro atoms. The number of hydrogen-bond acceptors (Lipinski definition) is 3. The minimum atomic E-state index is -0.177. The van der Waals surface area contributed by atoms with Gasteiger partial charge >= 0.3 is 0 Å². The fourth-order valence-electron chi connectivity index (χ4n) is 1.09. The lowest BCUT2D eigenvalue weighted by molar-refractivity contribution is -0.117. The van der Waals surface area contributed by atoms with Gasteiger partial charge in [0.15, 0.2) is 0 Å². The van der Waals surface area contributed by atoms with Crippen LogP contribution < -0.4 is 5.32 Å². The number of hydrogen-bond donors (Lipinski definition) is 1. The summed E-state index contributed by atoms with van der Waals surface area (Å²) < 4.78 is 4.96. The Bertz CT molecular complexity index is 232. The summed E-state index contributed by atoms with van der Waals surface area (Å²) in [6, 6.07) is 0. The third-order valence-electron chi connectivity index (χ3n) is 1.86. The molecule has 0 aromatic heterocycles. The molecule has 0 heterocycles. The van der Waals surface area contributed by atoms with Crippen molar-refractivity contribution in [1.82, 2.24) is 10.2 Å².